The van der Waals surface area contributed by atoms with E-state index in [0.717, 1.165) is 10.9 Å². The second-order valence-corrected chi connectivity index (χ2v) is 2.99. The van der Waals surface area contributed by atoms with Crippen LogP contribution in [0, 0.1) is 0 Å². The summed E-state index contributed by atoms with van der Waals surface area (Å²) >= 11 is 0. The molecule has 4 N–H and O–H groups in total. The molecule has 1 aromatic heterocycles. The van der Waals surface area contributed by atoms with Crippen LogP contribution in [0.2, 0.25) is 0 Å². The Labute approximate surface area is 79.5 Å². The highest BCUT2D eigenvalue weighted by molar-refractivity contribution is 5.87. The molecule has 1 heterocycles. The molecule has 0 aliphatic carbocycles. The number of hydrogen-bond donors (Lipinski definition) is 3. The molecule has 0 aliphatic heterocycles. The Morgan fingerprint density at radius 2 is 2.36 bits per heavy atom. The van der Waals surface area contributed by atoms with Crippen LogP contribution in [0.4, 0.5) is 0 Å². The van der Waals surface area contributed by atoms with Crippen LogP contribution in [0.15, 0.2) is 24.4 Å². The summed E-state index contributed by atoms with van der Waals surface area (Å²) in [5, 5.41) is 16.1. The number of nitrogens with one attached hydrogen (secondary N) is 1. The van der Waals surface area contributed by atoms with Gasteiger partial charge >= 0.3 is 5.97 Å². The summed E-state index contributed by atoms with van der Waals surface area (Å²) in [4.78, 5) is 10.7. The van der Waals surface area contributed by atoms with Crippen molar-refractivity contribution in [1.29, 1.82) is 0 Å². The van der Waals surface area contributed by atoms with Gasteiger partial charge in [0.1, 0.15) is 6.04 Å². The van der Waals surface area contributed by atoms with Crippen molar-refractivity contribution in [1.82, 2.24) is 10.2 Å². The van der Waals surface area contributed by atoms with E-state index in [0.29, 0.717) is 5.56 Å². The zero-order chi connectivity index (χ0) is 10.1. The number of carbonyl (C=O) groups is 1. The van der Waals surface area contributed by atoms with Gasteiger partial charge in [0, 0.05) is 5.39 Å². The molecule has 0 amide bonds. The third-order valence-corrected chi connectivity index (χ3v) is 2.12. The van der Waals surface area contributed by atoms with Gasteiger partial charge in [0.25, 0.3) is 0 Å². The minimum Gasteiger partial charge on any atom is -0.480 e. The van der Waals surface area contributed by atoms with Crippen LogP contribution in [0.25, 0.3) is 10.9 Å². The van der Waals surface area contributed by atoms with Gasteiger partial charge in [-0.15, -0.1) is 0 Å². The number of carboxylic acids is 1. The van der Waals surface area contributed by atoms with Crippen LogP contribution in [0.1, 0.15) is 11.6 Å². The average molecular weight is 191 g/mol. The number of nitrogens with zero attached hydrogens (tertiary/aromatic N) is 1. The van der Waals surface area contributed by atoms with Crippen molar-refractivity contribution in [3.63, 3.8) is 0 Å². The van der Waals surface area contributed by atoms with E-state index in [1.807, 2.05) is 6.07 Å². The zero-order valence-electron chi connectivity index (χ0n) is 7.27. The number of fused-ring (bicyclic) bond motifs is 1. The van der Waals surface area contributed by atoms with Gasteiger partial charge in [0.15, 0.2) is 0 Å². The summed E-state index contributed by atoms with van der Waals surface area (Å²) < 4.78 is 0. The first-order valence-electron chi connectivity index (χ1n) is 4.10. The average Bonchev–Trinajstić information content (AvgIpc) is 2.63. The summed E-state index contributed by atoms with van der Waals surface area (Å²) in [6.45, 7) is 0. The molecule has 0 spiro atoms. The van der Waals surface area contributed by atoms with Crippen molar-refractivity contribution in [2.75, 3.05) is 0 Å². The summed E-state index contributed by atoms with van der Waals surface area (Å²) in [7, 11) is 0. The van der Waals surface area contributed by atoms with Gasteiger partial charge in [-0.1, -0.05) is 12.1 Å². The molecule has 0 saturated carbocycles. The van der Waals surface area contributed by atoms with Crippen LogP contribution < -0.4 is 5.73 Å². The van der Waals surface area contributed by atoms with Gasteiger partial charge in [-0.3, -0.25) is 9.89 Å². The van der Waals surface area contributed by atoms with Gasteiger partial charge in [-0.05, 0) is 11.6 Å². The lowest BCUT2D eigenvalue weighted by Gasteiger charge is -2.06. The van der Waals surface area contributed by atoms with Gasteiger partial charge in [-0.25, -0.2) is 0 Å². The number of rotatable bonds is 2. The molecule has 2 rings (SSSR count). The van der Waals surface area contributed by atoms with Gasteiger partial charge < -0.3 is 10.8 Å². The SMILES string of the molecule is N[C@H](C(=O)O)c1cccc2[nH]ncc12. The number of aliphatic carboxylic acids is 1. The van der Waals surface area contributed by atoms with Crippen molar-refractivity contribution in [3.8, 4) is 0 Å². The number of aromatic amines is 1. The predicted octanol–water partition coefficient (Wildman–Crippen LogP) is 0.647. The van der Waals surface area contributed by atoms with Crippen molar-refractivity contribution < 1.29 is 9.90 Å². The zero-order valence-corrected chi connectivity index (χ0v) is 7.27. The van der Waals surface area contributed by atoms with Crippen LogP contribution in [-0.2, 0) is 4.79 Å². The highest BCUT2D eigenvalue weighted by atomic mass is 16.4. The third-order valence-electron chi connectivity index (χ3n) is 2.12. The van der Waals surface area contributed by atoms with Crippen molar-refractivity contribution in [2.24, 2.45) is 5.73 Å². The van der Waals surface area contributed by atoms with E-state index in [9.17, 15) is 4.79 Å². The largest absolute Gasteiger partial charge is 0.480 e. The normalized spacial score (nSPS) is 12.9. The summed E-state index contributed by atoms with van der Waals surface area (Å²) in [6, 6.07) is 4.26. The predicted molar refractivity (Wildman–Crippen MR) is 50.7 cm³/mol. The number of nitrogens with two attached hydrogens (primary N) is 1. The lowest BCUT2D eigenvalue weighted by Crippen LogP contribution is -2.20. The van der Waals surface area contributed by atoms with Crippen LogP contribution in [0.3, 0.4) is 0 Å². The summed E-state index contributed by atoms with van der Waals surface area (Å²) in [5.74, 6) is -1.04. The van der Waals surface area contributed by atoms with E-state index >= 15 is 0 Å². The monoisotopic (exact) mass is 191 g/mol. The molecule has 5 heteroatoms. The first-order valence-corrected chi connectivity index (χ1v) is 4.10. The quantitative estimate of drug-likeness (QED) is 0.649. The Morgan fingerprint density at radius 1 is 1.57 bits per heavy atom. The fourth-order valence-corrected chi connectivity index (χ4v) is 1.40. The standard InChI is InChI=1S/C9H9N3O2/c10-8(9(13)14)5-2-1-3-7-6(5)4-11-12-7/h1-4,8H,10H2,(H,11,12)(H,13,14)/t8-/m0/s1. The first kappa shape index (κ1) is 8.71. The van der Waals surface area contributed by atoms with Crippen LogP contribution in [0.5, 0.6) is 0 Å². The van der Waals surface area contributed by atoms with Gasteiger partial charge in [-0.2, -0.15) is 5.10 Å². The van der Waals surface area contributed by atoms with Crippen molar-refractivity contribution in [3.05, 3.63) is 30.0 Å². The van der Waals surface area contributed by atoms with Crippen molar-refractivity contribution in [2.45, 2.75) is 6.04 Å². The lowest BCUT2D eigenvalue weighted by molar-refractivity contribution is -0.138. The Kier molecular flexibility index (Phi) is 1.94. The molecule has 0 radical (unpaired) electrons. The Balaban J connectivity index is 2.61. The molecular formula is C9H9N3O2. The molecule has 0 fully saturated rings. The fraction of sp³-hybridized carbons (Fsp3) is 0.111. The Morgan fingerprint density at radius 3 is 3.07 bits per heavy atom. The summed E-state index contributed by atoms with van der Waals surface area (Å²) in [6.07, 6.45) is 1.58. The number of benzene rings is 1. The maximum absolute atomic E-state index is 10.7. The molecule has 72 valence electrons. The molecule has 5 nitrogen and oxygen atoms in total. The second kappa shape index (κ2) is 3.12. The van der Waals surface area contributed by atoms with Crippen molar-refractivity contribution >= 4 is 16.9 Å². The van der Waals surface area contributed by atoms with Gasteiger partial charge in [0.05, 0.1) is 11.7 Å². The molecule has 14 heavy (non-hydrogen) atoms. The third kappa shape index (κ3) is 1.23. The fourth-order valence-electron chi connectivity index (χ4n) is 1.40. The van der Waals surface area contributed by atoms with E-state index < -0.39 is 12.0 Å². The second-order valence-electron chi connectivity index (χ2n) is 2.99. The molecule has 0 bridgehead atoms. The number of carboxylic acid groups (broad SMARTS) is 1. The van der Waals surface area contributed by atoms with E-state index in [1.165, 1.54) is 0 Å². The van der Waals surface area contributed by atoms with E-state index in [-0.39, 0.29) is 0 Å². The molecule has 0 unspecified atom stereocenters. The maximum Gasteiger partial charge on any atom is 0.325 e. The van der Waals surface area contributed by atoms with Crippen LogP contribution in [-0.4, -0.2) is 21.3 Å². The number of aromatic nitrogens is 2. The molecule has 0 saturated heterocycles. The number of hydrogen-bond acceptors (Lipinski definition) is 3. The van der Waals surface area contributed by atoms with E-state index in [4.69, 9.17) is 10.8 Å². The minimum absolute atomic E-state index is 0.573. The first-order chi connectivity index (χ1) is 6.70. The van der Waals surface area contributed by atoms with Gasteiger partial charge in [0.2, 0.25) is 0 Å². The summed E-state index contributed by atoms with van der Waals surface area (Å²) in [5.41, 5.74) is 6.89. The lowest BCUT2D eigenvalue weighted by atomic mass is 10.0. The molecule has 1 atom stereocenters. The van der Waals surface area contributed by atoms with Crippen LogP contribution >= 0.6 is 0 Å². The molecule has 2 aromatic rings. The topological polar surface area (TPSA) is 92.0 Å². The smallest absolute Gasteiger partial charge is 0.325 e. The number of H-pyrrole nitrogens is 1. The molecule has 1 aromatic carbocycles. The van der Waals surface area contributed by atoms with E-state index in [2.05, 4.69) is 10.2 Å². The molecular weight excluding hydrogens is 182 g/mol. The highest BCUT2D eigenvalue weighted by Crippen LogP contribution is 2.21. The Hall–Kier alpha value is -1.88. The minimum atomic E-state index is -1.04. The highest BCUT2D eigenvalue weighted by Gasteiger charge is 2.16. The Bertz CT molecular complexity index is 478. The maximum atomic E-state index is 10.7. The molecule has 0 aliphatic rings. The van der Waals surface area contributed by atoms with E-state index in [1.54, 1.807) is 18.3 Å².